The molecule has 0 fully saturated rings. The number of aryl methyl sites for hydroxylation is 2. The Hall–Kier alpha value is -2.12. The molecule has 1 aromatic carbocycles. The average molecular weight is 326 g/mol. The number of imidazole rings is 1. The van der Waals surface area contributed by atoms with E-state index in [4.69, 9.17) is 0 Å². The number of nitrogens with zero attached hydrogens (tertiary/aromatic N) is 3. The van der Waals surface area contributed by atoms with Crippen LogP contribution in [0.15, 0.2) is 41.0 Å². The number of hydrogen-bond acceptors (Lipinski definition) is 2. The lowest BCUT2D eigenvalue weighted by Crippen LogP contribution is -1.91. The van der Waals surface area contributed by atoms with Gasteiger partial charge in [0.05, 0.1) is 0 Å². The third-order valence-electron chi connectivity index (χ3n) is 3.30. The zero-order valence-electron chi connectivity index (χ0n) is 11.2. The minimum Gasteiger partial charge on any atom is -0.289 e. The number of halogens is 1. The second kappa shape index (κ2) is 4.77. The molecule has 0 radical (unpaired) electrons. The van der Waals surface area contributed by atoms with Gasteiger partial charge in [0.1, 0.15) is 17.4 Å². The van der Waals surface area contributed by atoms with Gasteiger partial charge in [-0.1, -0.05) is 29.8 Å². The summed E-state index contributed by atoms with van der Waals surface area (Å²) in [6.45, 7) is 4.03. The molecule has 2 heterocycles. The lowest BCUT2D eigenvalue weighted by atomic mass is 10.1. The fraction of sp³-hybridized carbons (Fsp3) is 0.125. The second-order valence-corrected chi connectivity index (χ2v) is 5.74. The summed E-state index contributed by atoms with van der Waals surface area (Å²) in [6, 6.07) is 12.3. The van der Waals surface area contributed by atoms with Crippen LogP contribution in [0.1, 0.15) is 16.8 Å². The molecule has 20 heavy (non-hydrogen) atoms. The van der Waals surface area contributed by atoms with E-state index >= 15 is 0 Å². The molecular formula is C16H12BrN3. The van der Waals surface area contributed by atoms with Crippen LogP contribution in [0.2, 0.25) is 0 Å². The maximum absolute atomic E-state index is 9.48. The molecule has 2 aromatic heterocycles. The molecule has 4 heteroatoms. The number of benzene rings is 1. The molecule has 0 aliphatic heterocycles. The van der Waals surface area contributed by atoms with Crippen molar-refractivity contribution in [3.05, 3.63) is 57.8 Å². The fourth-order valence-electron chi connectivity index (χ4n) is 2.29. The van der Waals surface area contributed by atoms with Gasteiger partial charge in [-0.3, -0.25) is 4.40 Å². The van der Waals surface area contributed by atoms with Gasteiger partial charge in [0.2, 0.25) is 0 Å². The predicted octanol–water partition coefficient (Wildman–Crippen LogP) is 4.25. The molecule has 0 aliphatic carbocycles. The molecule has 0 saturated carbocycles. The predicted molar refractivity (Wildman–Crippen MR) is 82.5 cm³/mol. The standard InChI is InChI=1S/C16H12BrN3/c1-10-3-5-12(6-4-10)15-14(8-18)20-9-13(17)7-11(2)16(20)19-15/h3-7,9H,1-2H3. The third kappa shape index (κ3) is 2.00. The lowest BCUT2D eigenvalue weighted by Gasteiger charge is -2.00. The van der Waals surface area contributed by atoms with Gasteiger partial charge in [-0.25, -0.2) is 4.98 Å². The van der Waals surface area contributed by atoms with Crippen molar-refractivity contribution in [3.8, 4) is 17.3 Å². The van der Waals surface area contributed by atoms with E-state index in [1.165, 1.54) is 5.56 Å². The van der Waals surface area contributed by atoms with Crippen LogP contribution in [-0.2, 0) is 0 Å². The molecule has 0 N–H and O–H groups in total. The van der Waals surface area contributed by atoms with Crippen LogP contribution in [-0.4, -0.2) is 9.38 Å². The van der Waals surface area contributed by atoms with Crippen molar-refractivity contribution < 1.29 is 0 Å². The van der Waals surface area contributed by atoms with Gasteiger partial charge in [-0.15, -0.1) is 0 Å². The first-order valence-corrected chi connectivity index (χ1v) is 7.05. The molecule has 0 saturated heterocycles. The molecule has 98 valence electrons. The molecule has 0 atom stereocenters. The highest BCUT2D eigenvalue weighted by molar-refractivity contribution is 9.10. The van der Waals surface area contributed by atoms with E-state index < -0.39 is 0 Å². The lowest BCUT2D eigenvalue weighted by molar-refractivity contribution is 1.12. The largest absolute Gasteiger partial charge is 0.289 e. The van der Waals surface area contributed by atoms with Crippen molar-refractivity contribution in [2.75, 3.05) is 0 Å². The Morgan fingerprint density at radius 3 is 2.55 bits per heavy atom. The van der Waals surface area contributed by atoms with Crippen molar-refractivity contribution >= 4 is 21.6 Å². The van der Waals surface area contributed by atoms with Crippen LogP contribution in [0.4, 0.5) is 0 Å². The first-order chi connectivity index (χ1) is 9.60. The van der Waals surface area contributed by atoms with Crippen LogP contribution < -0.4 is 0 Å². The zero-order valence-corrected chi connectivity index (χ0v) is 12.8. The molecule has 0 bridgehead atoms. The molecule has 0 spiro atoms. The number of fused-ring (bicyclic) bond motifs is 1. The number of pyridine rings is 1. The summed E-state index contributed by atoms with van der Waals surface area (Å²) in [7, 11) is 0. The fourth-order valence-corrected chi connectivity index (χ4v) is 2.84. The summed E-state index contributed by atoms with van der Waals surface area (Å²) < 4.78 is 2.78. The van der Waals surface area contributed by atoms with Crippen LogP contribution >= 0.6 is 15.9 Å². The van der Waals surface area contributed by atoms with E-state index in [9.17, 15) is 5.26 Å². The topological polar surface area (TPSA) is 41.1 Å². The van der Waals surface area contributed by atoms with Crippen molar-refractivity contribution in [2.24, 2.45) is 0 Å². The minimum absolute atomic E-state index is 0.563. The number of aromatic nitrogens is 2. The van der Waals surface area contributed by atoms with Crippen LogP contribution in [0.25, 0.3) is 16.9 Å². The highest BCUT2D eigenvalue weighted by atomic mass is 79.9. The molecule has 0 aliphatic rings. The second-order valence-electron chi connectivity index (χ2n) is 4.82. The molecule has 0 amide bonds. The van der Waals surface area contributed by atoms with E-state index in [2.05, 4.69) is 27.0 Å². The van der Waals surface area contributed by atoms with Crippen molar-refractivity contribution in [3.63, 3.8) is 0 Å². The van der Waals surface area contributed by atoms with Gasteiger partial charge in [0, 0.05) is 16.2 Å². The van der Waals surface area contributed by atoms with E-state index in [1.54, 1.807) is 0 Å². The van der Waals surface area contributed by atoms with Crippen molar-refractivity contribution in [1.82, 2.24) is 9.38 Å². The maximum Gasteiger partial charge on any atom is 0.152 e. The molecule has 3 nitrogen and oxygen atoms in total. The first kappa shape index (κ1) is 12.9. The summed E-state index contributed by atoms with van der Waals surface area (Å²) in [5, 5.41) is 9.48. The Morgan fingerprint density at radius 1 is 1.20 bits per heavy atom. The average Bonchev–Trinajstić information content (AvgIpc) is 2.78. The Bertz CT molecular complexity index is 839. The highest BCUT2D eigenvalue weighted by Gasteiger charge is 2.15. The quantitative estimate of drug-likeness (QED) is 0.671. The van der Waals surface area contributed by atoms with E-state index in [-0.39, 0.29) is 0 Å². The minimum atomic E-state index is 0.563. The van der Waals surface area contributed by atoms with Gasteiger partial charge in [-0.2, -0.15) is 5.26 Å². The Kier molecular flexibility index (Phi) is 3.07. The van der Waals surface area contributed by atoms with Crippen LogP contribution in [0.3, 0.4) is 0 Å². The summed E-state index contributed by atoms with van der Waals surface area (Å²) in [6.07, 6.45) is 1.88. The number of nitriles is 1. The number of rotatable bonds is 1. The van der Waals surface area contributed by atoms with Gasteiger partial charge < -0.3 is 0 Å². The van der Waals surface area contributed by atoms with Crippen LogP contribution in [0.5, 0.6) is 0 Å². The summed E-state index contributed by atoms with van der Waals surface area (Å²) in [4.78, 5) is 4.64. The molecule has 3 aromatic rings. The summed E-state index contributed by atoms with van der Waals surface area (Å²) >= 11 is 3.46. The monoisotopic (exact) mass is 325 g/mol. The van der Waals surface area contributed by atoms with Gasteiger partial charge in [-0.05, 0) is 41.4 Å². The number of hydrogen-bond donors (Lipinski definition) is 0. The van der Waals surface area contributed by atoms with E-state index in [0.29, 0.717) is 5.69 Å². The summed E-state index contributed by atoms with van der Waals surface area (Å²) in [5.41, 5.74) is 5.30. The molecule has 3 rings (SSSR count). The molecule has 0 unspecified atom stereocenters. The smallest absolute Gasteiger partial charge is 0.152 e. The van der Waals surface area contributed by atoms with Crippen molar-refractivity contribution in [2.45, 2.75) is 13.8 Å². The Labute approximate surface area is 125 Å². The van der Waals surface area contributed by atoms with Gasteiger partial charge in [0.25, 0.3) is 0 Å². The van der Waals surface area contributed by atoms with E-state index in [0.717, 1.165) is 26.9 Å². The van der Waals surface area contributed by atoms with Gasteiger partial charge in [0.15, 0.2) is 5.69 Å². The molecular weight excluding hydrogens is 314 g/mol. The first-order valence-electron chi connectivity index (χ1n) is 6.25. The zero-order chi connectivity index (χ0) is 14.3. The van der Waals surface area contributed by atoms with Gasteiger partial charge >= 0.3 is 0 Å². The van der Waals surface area contributed by atoms with Crippen molar-refractivity contribution in [1.29, 1.82) is 5.26 Å². The SMILES string of the molecule is Cc1ccc(-c2nc3c(C)cc(Br)cn3c2C#N)cc1. The summed E-state index contributed by atoms with van der Waals surface area (Å²) in [5.74, 6) is 0. The Balaban J connectivity index is 2.34. The highest BCUT2D eigenvalue weighted by Crippen LogP contribution is 2.27. The Morgan fingerprint density at radius 2 is 1.90 bits per heavy atom. The third-order valence-corrected chi connectivity index (χ3v) is 3.74. The van der Waals surface area contributed by atoms with E-state index in [1.807, 2.05) is 54.8 Å². The normalized spacial score (nSPS) is 10.7. The van der Waals surface area contributed by atoms with Crippen LogP contribution in [0, 0.1) is 25.2 Å². The maximum atomic E-state index is 9.48.